The molecule has 0 fully saturated rings. The topological polar surface area (TPSA) is 101 Å². The summed E-state index contributed by atoms with van der Waals surface area (Å²) in [5, 5.41) is 2.75. The Morgan fingerprint density at radius 1 is 1.05 bits per heavy atom. The average Bonchev–Trinajstić information content (AvgIpc) is 2.33. The van der Waals surface area contributed by atoms with E-state index in [-0.39, 0.29) is 23.5 Å². The Morgan fingerprint density at radius 3 is 1.95 bits per heavy atom. The van der Waals surface area contributed by atoms with Crippen LogP contribution in [0.2, 0.25) is 0 Å². The number of benzene rings is 1. The molecule has 1 aromatic carbocycles. The molecule has 2 rings (SSSR count). The minimum Gasteiger partial charge on any atom is -0.323 e. The number of nitrogens with one attached hydrogen (secondary N) is 1. The molecule has 110 valence electrons. The van der Waals surface area contributed by atoms with Crippen LogP contribution in [0, 0.1) is 0 Å². The number of Topliss-reactive ketones (excluding diaryl/α,β-unsaturated/α-hetero) is 1. The maximum atomic E-state index is 11.6. The predicted octanol–water partition coefficient (Wildman–Crippen LogP) is 1.09. The first-order valence-electron chi connectivity index (χ1n) is 5.28. The van der Waals surface area contributed by atoms with Gasteiger partial charge in [-0.1, -0.05) is 24.3 Å². The molecule has 0 aromatic heterocycles. The van der Waals surface area contributed by atoms with Crippen molar-refractivity contribution in [2.45, 2.75) is 0 Å². The van der Waals surface area contributed by atoms with Gasteiger partial charge in [-0.05, 0) is 14.1 Å². The second kappa shape index (κ2) is 7.30. The van der Waals surface area contributed by atoms with E-state index in [0.717, 1.165) is 0 Å². The van der Waals surface area contributed by atoms with Crippen molar-refractivity contribution < 1.29 is 22.6 Å². The third-order valence-electron chi connectivity index (χ3n) is 2.20. The first kappa shape index (κ1) is 18.5. The summed E-state index contributed by atoms with van der Waals surface area (Å²) in [4.78, 5) is 22.3. The molecule has 20 heavy (non-hydrogen) atoms. The van der Waals surface area contributed by atoms with Crippen LogP contribution in [-0.4, -0.2) is 38.6 Å². The molecule has 0 amide bonds. The van der Waals surface area contributed by atoms with Crippen LogP contribution in [0.4, 0.5) is 0 Å². The van der Waals surface area contributed by atoms with Gasteiger partial charge in [-0.25, -0.2) is 0 Å². The fraction of sp³-hybridized carbons (Fsp3) is 0.167. The van der Waals surface area contributed by atoms with E-state index in [4.69, 9.17) is 4.55 Å². The number of halogens is 1. The third-order valence-corrected chi connectivity index (χ3v) is 3.06. The quantitative estimate of drug-likeness (QED) is 0.752. The van der Waals surface area contributed by atoms with Gasteiger partial charge in [-0.2, -0.15) is 8.42 Å². The average molecular weight is 320 g/mol. The zero-order valence-electron chi connectivity index (χ0n) is 10.8. The molecule has 1 aromatic rings. The first-order chi connectivity index (χ1) is 8.82. The summed E-state index contributed by atoms with van der Waals surface area (Å²) in [6.45, 7) is 0. The number of carbonyl (C=O) groups is 2. The monoisotopic (exact) mass is 319 g/mol. The van der Waals surface area contributed by atoms with Crippen LogP contribution in [-0.2, 0) is 10.1 Å². The van der Waals surface area contributed by atoms with Crippen LogP contribution in [0.15, 0.2) is 35.2 Å². The highest BCUT2D eigenvalue weighted by molar-refractivity contribution is 7.91. The van der Waals surface area contributed by atoms with E-state index in [0.29, 0.717) is 6.08 Å². The van der Waals surface area contributed by atoms with Crippen LogP contribution in [0.25, 0.3) is 0 Å². The summed E-state index contributed by atoms with van der Waals surface area (Å²) in [6, 6.07) is 5.84. The Morgan fingerprint density at radius 2 is 1.50 bits per heavy atom. The molecule has 0 spiro atoms. The highest BCUT2D eigenvalue weighted by Gasteiger charge is 2.31. The first-order valence-corrected chi connectivity index (χ1v) is 6.72. The molecule has 0 radical (unpaired) electrons. The summed E-state index contributed by atoms with van der Waals surface area (Å²) in [5.41, 5.74) is 0.127. The number of ketones is 2. The molecular weight excluding hydrogens is 306 g/mol. The molecule has 0 saturated heterocycles. The Hall–Kier alpha value is -1.54. The number of allylic oxidation sites excluding steroid dienone is 2. The molecule has 1 aliphatic rings. The Bertz CT molecular complexity index is 652. The summed E-state index contributed by atoms with van der Waals surface area (Å²) in [6.07, 6.45) is 0.639. The second-order valence-electron chi connectivity index (χ2n) is 3.72. The van der Waals surface area contributed by atoms with E-state index in [1.807, 2.05) is 14.1 Å². The summed E-state index contributed by atoms with van der Waals surface area (Å²) in [5.74, 6) is -1.47. The smallest absolute Gasteiger partial charge is 0.298 e. The SMILES string of the molecule is CNC.Cl.O=C1C=C(S(=O)(=O)O)C(=O)c2ccccc21. The van der Waals surface area contributed by atoms with Gasteiger partial charge >= 0.3 is 0 Å². The van der Waals surface area contributed by atoms with Crippen molar-refractivity contribution in [3.05, 3.63) is 46.4 Å². The van der Waals surface area contributed by atoms with Crippen molar-refractivity contribution in [3.63, 3.8) is 0 Å². The minimum absolute atomic E-state index is 0. The Balaban J connectivity index is 0.000000830. The number of fused-ring (bicyclic) bond motifs is 1. The summed E-state index contributed by atoms with van der Waals surface area (Å²) in [7, 11) is -0.910. The van der Waals surface area contributed by atoms with Gasteiger partial charge in [0, 0.05) is 17.2 Å². The van der Waals surface area contributed by atoms with Crippen LogP contribution < -0.4 is 5.32 Å². The maximum Gasteiger partial charge on any atom is 0.298 e. The van der Waals surface area contributed by atoms with Crippen LogP contribution in [0.5, 0.6) is 0 Å². The molecule has 2 N–H and O–H groups in total. The largest absolute Gasteiger partial charge is 0.323 e. The molecule has 0 aliphatic heterocycles. The molecule has 0 atom stereocenters. The fourth-order valence-corrected chi connectivity index (χ4v) is 2.08. The Kier molecular flexibility index (Phi) is 6.74. The molecule has 0 heterocycles. The minimum atomic E-state index is -4.66. The van der Waals surface area contributed by atoms with Crippen molar-refractivity contribution >= 4 is 34.1 Å². The van der Waals surface area contributed by atoms with Crippen LogP contribution >= 0.6 is 12.4 Å². The van der Waals surface area contributed by atoms with E-state index in [1.54, 1.807) is 6.07 Å². The lowest BCUT2D eigenvalue weighted by molar-refractivity contribution is 0.0989. The van der Waals surface area contributed by atoms with E-state index in [2.05, 4.69) is 5.32 Å². The molecule has 0 bridgehead atoms. The zero-order chi connectivity index (χ0) is 14.6. The normalized spacial score (nSPS) is 13.4. The summed E-state index contributed by atoms with van der Waals surface area (Å²) >= 11 is 0. The standard InChI is InChI=1S/C10H6O5S.C2H7N.ClH/c11-8-5-9(16(13,14)15)10(12)7-4-2-1-3-6(7)8;1-3-2;/h1-5H,(H,13,14,15);3H,1-2H3;1H. The van der Waals surface area contributed by atoms with Gasteiger partial charge in [0.2, 0.25) is 5.78 Å². The van der Waals surface area contributed by atoms with Crippen molar-refractivity contribution in [2.75, 3.05) is 14.1 Å². The van der Waals surface area contributed by atoms with Crippen LogP contribution in [0.3, 0.4) is 0 Å². The van der Waals surface area contributed by atoms with Gasteiger partial charge in [0.05, 0.1) is 0 Å². The van der Waals surface area contributed by atoms with Gasteiger partial charge in [0.15, 0.2) is 5.78 Å². The maximum absolute atomic E-state index is 11.6. The summed E-state index contributed by atoms with van der Waals surface area (Å²) < 4.78 is 30.5. The van der Waals surface area contributed by atoms with Gasteiger partial charge in [-0.15, -0.1) is 12.4 Å². The van der Waals surface area contributed by atoms with E-state index >= 15 is 0 Å². The second-order valence-corrected chi connectivity index (χ2v) is 5.11. The zero-order valence-corrected chi connectivity index (χ0v) is 12.4. The Labute approximate surface area is 123 Å². The van der Waals surface area contributed by atoms with Crippen molar-refractivity contribution in [1.82, 2.24) is 5.32 Å². The lowest BCUT2D eigenvalue weighted by Crippen LogP contribution is -2.21. The molecule has 1 aliphatic carbocycles. The lowest BCUT2D eigenvalue weighted by atomic mass is 9.95. The third kappa shape index (κ3) is 3.97. The van der Waals surface area contributed by atoms with Gasteiger partial charge in [-0.3, -0.25) is 14.1 Å². The lowest BCUT2D eigenvalue weighted by Gasteiger charge is -2.12. The number of hydrogen-bond acceptors (Lipinski definition) is 5. The van der Waals surface area contributed by atoms with Gasteiger partial charge in [0.1, 0.15) is 4.91 Å². The molecule has 6 nitrogen and oxygen atoms in total. The van der Waals surface area contributed by atoms with Gasteiger partial charge in [0.25, 0.3) is 10.1 Å². The highest BCUT2D eigenvalue weighted by Crippen LogP contribution is 2.23. The molecule has 8 heteroatoms. The fourth-order valence-electron chi connectivity index (χ4n) is 1.48. The number of carbonyl (C=O) groups excluding carboxylic acids is 2. The highest BCUT2D eigenvalue weighted by atomic mass is 35.5. The van der Waals surface area contributed by atoms with E-state index in [1.165, 1.54) is 18.2 Å². The van der Waals surface area contributed by atoms with Crippen LogP contribution in [0.1, 0.15) is 20.7 Å². The number of hydrogen-bond donors (Lipinski definition) is 2. The van der Waals surface area contributed by atoms with Crippen molar-refractivity contribution in [2.24, 2.45) is 0 Å². The number of rotatable bonds is 1. The molecule has 0 saturated carbocycles. The van der Waals surface area contributed by atoms with E-state index in [9.17, 15) is 18.0 Å². The molecular formula is C12H14ClNO5S. The molecule has 0 unspecified atom stereocenters. The van der Waals surface area contributed by atoms with Crippen molar-refractivity contribution in [1.29, 1.82) is 0 Å². The predicted molar refractivity (Wildman–Crippen MR) is 77.0 cm³/mol. The van der Waals surface area contributed by atoms with Gasteiger partial charge < -0.3 is 5.32 Å². The van der Waals surface area contributed by atoms with Crippen molar-refractivity contribution in [3.8, 4) is 0 Å². The van der Waals surface area contributed by atoms with E-state index < -0.39 is 26.6 Å².